The minimum Gasteiger partial charge on any atom is -0.497 e. The van der Waals surface area contributed by atoms with E-state index in [0.717, 1.165) is 22.2 Å². The summed E-state index contributed by atoms with van der Waals surface area (Å²) in [5.41, 5.74) is 0.769. The van der Waals surface area contributed by atoms with Gasteiger partial charge < -0.3 is 4.74 Å². The van der Waals surface area contributed by atoms with Crippen LogP contribution in [-0.2, 0) is 0 Å². The number of carbonyl (C=O) groups excluding carboxylic acids is 1. The average Bonchev–Trinajstić information content (AvgIpc) is 2.94. The number of carbonyl (C=O) groups is 1. The molecule has 3 heteroatoms. The van der Waals surface area contributed by atoms with E-state index in [1.807, 2.05) is 18.2 Å². The van der Waals surface area contributed by atoms with Crippen molar-refractivity contribution in [3.63, 3.8) is 0 Å². The highest BCUT2D eigenvalue weighted by Crippen LogP contribution is 2.41. The highest BCUT2D eigenvalue weighted by atomic mass is 79.9. The van der Waals surface area contributed by atoms with Gasteiger partial charge in [-0.15, -0.1) is 0 Å². The van der Waals surface area contributed by atoms with Crippen molar-refractivity contribution in [2.24, 2.45) is 11.8 Å². The van der Waals surface area contributed by atoms with Gasteiger partial charge in [0.15, 0.2) is 5.78 Å². The largest absolute Gasteiger partial charge is 0.497 e. The molecule has 1 saturated carbocycles. The molecule has 0 radical (unpaired) electrons. The second kappa shape index (κ2) is 3.97. The van der Waals surface area contributed by atoms with Crippen LogP contribution in [0.25, 0.3) is 0 Å². The van der Waals surface area contributed by atoms with Crippen molar-refractivity contribution in [2.75, 3.05) is 7.11 Å². The lowest BCUT2D eigenvalue weighted by Gasteiger charge is -2.05. The summed E-state index contributed by atoms with van der Waals surface area (Å²) in [5.74, 6) is 1.79. The van der Waals surface area contributed by atoms with Crippen LogP contribution in [0.4, 0.5) is 0 Å². The van der Waals surface area contributed by atoms with Gasteiger partial charge in [-0.25, -0.2) is 0 Å². The Morgan fingerprint density at radius 2 is 2.20 bits per heavy atom. The van der Waals surface area contributed by atoms with Gasteiger partial charge in [0.25, 0.3) is 0 Å². The number of Topliss-reactive ketones (excluding diaryl/α,β-unsaturated/α-hetero) is 1. The van der Waals surface area contributed by atoms with Crippen molar-refractivity contribution in [2.45, 2.75) is 13.3 Å². The number of rotatable bonds is 3. The Morgan fingerprint density at radius 3 is 2.67 bits per heavy atom. The molecule has 0 amide bonds. The minimum absolute atomic E-state index is 0.231. The fraction of sp³-hybridized carbons (Fsp3) is 0.417. The smallest absolute Gasteiger partial charge is 0.167 e. The van der Waals surface area contributed by atoms with Crippen LogP contribution in [-0.4, -0.2) is 12.9 Å². The van der Waals surface area contributed by atoms with Gasteiger partial charge in [-0.1, -0.05) is 6.92 Å². The minimum atomic E-state index is 0.231. The molecule has 0 heterocycles. The predicted molar refractivity (Wildman–Crippen MR) is 62.3 cm³/mol. The van der Waals surface area contributed by atoms with Crippen molar-refractivity contribution >= 4 is 21.7 Å². The second-order valence-electron chi connectivity index (χ2n) is 4.03. The fourth-order valence-corrected chi connectivity index (χ4v) is 2.26. The van der Waals surface area contributed by atoms with E-state index in [2.05, 4.69) is 22.9 Å². The zero-order chi connectivity index (χ0) is 11.0. The van der Waals surface area contributed by atoms with E-state index < -0.39 is 0 Å². The Bertz CT molecular complexity index is 401. The Balaban J connectivity index is 2.25. The maximum absolute atomic E-state index is 12.0. The van der Waals surface area contributed by atoms with Gasteiger partial charge in [-0.2, -0.15) is 0 Å². The highest BCUT2D eigenvalue weighted by Gasteiger charge is 2.39. The average molecular weight is 269 g/mol. The molecule has 0 bridgehead atoms. The predicted octanol–water partition coefficient (Wildman–Crippen LogP) is 3.30. The lowest BCUT2D eigenvalue weighted by molar-refractivity contribution is 0.0961. The maximum Gasteiger partial charge on any atom is 0.167 e. The number of hydrogen-bond acceptors (Lipinski definition) is 2. The molecule has 1 aliphatic carbocycles. The molecule has 2 atom stereocenters. The Kier molecular flexibility index (Phi) is 2.83. The number of ether oxygens (including phenoxy) is 1. The lowest BCUT2D eigenvalue weighted by Crippen LogP contribution is -2.03. The van der Waals surface area contributed by atoms with E-state index in [9.17, 15) is 4.79 Å². The zero-order valence-electron chi connectivity index (χ0n) is 8.79. The van der Waals surface area contributed by atoms with Crippen molar-refractivity contribution in [1.82, 2.24) is 0 Å². The molecule has 0 saturated heterocycles. The first-order valence-electron chi connectivity index (χ1n) is 5.01. The third-order valence-corrected chi connectivity index (χ3v) is 3.54. The van der Waals surface area contributed by atoms with Gasteiger partial charge >= 0.3 is 0 Å². The molecule has 1 aromatic carbocycles. The quantitative estimate of drug-likeness (QED) is 0.787. The van der Waals surface area contributed by atoms with Crippen LogP contribution in [0.2, 0.25) is 0 Å². The summed E-state index contributed by atoms with van der Waals surface area (Å²) in [5, 5.41) is 0. The number of methoxy groups -OCH3 is 1. The van der Waals surface area contributed by atoms with Crippen molar-refractivity contribution in [1.29, 1.82) is 0 Å². The molecule has 2 nitrogen and oxygen atoms in total. The van der Waals surface area contributed by atoms with E-state index in [1.165, 1.54) is 0 Å². The summed E-state index contributed by atoms with van der Waals surface area (Å²) in [6.45, 7) is 2.11. The molecule has 1 aromatic rings. The van der Waals surface area contributed by atoms with Crippen LogP contribution >= 0.6 is 15.9 Å². The molecule has 1 aliphatic rings. The molecule has 0 spiro atoms. The van der Waals surface area contributed by atoms with Crippen LogP contribution in [0, 0.1) is 11.8 Å². The van der Waals surface area contributed by atoms with Gasteiger partial charge in [0.2, 0.25) is 0 Å². The zero-order valence-corrected chi connectivity index (χ0v) is 10.4. The first kappa shape index (κ1) is 10.7. The van der Waals surface area contributed by atoms with Crippen LogP contribution < -0.4 is 4.74 Å². The second-order valence-corrected chi connectivity index (χ2v) is 4.88. The molecular weight excluding hydrogens is 256 g/mol. The molecule has 0 aromatic heterocycles. The molecular formula is C12H13BrO2. The molecule has 2 rings (SSSR count). The molecule has 15 heavy (non-hydrogen) atoms. The number of halogens is 1. The van der Waals surface area contributed by atoms with Gasteiger partial charge in [0.1, 0.15) is 5.75 Å². The number of benzene rings is 1. The third kappa shape index (κ3) is 2.07. The third-order valence-electron chi connectivity index (χ3n) is 2.89. The summed E-state index contributed by atoms with van der Waals surface area (Å²) in [4.78, 5) is 12.0. The molecule has 0 N–H and O–H groups in total. The SMILES string of the molecule is COc1ccc(C(=O)C2CC2C)c(Br)c1. The van der Waals surface area contributed by atoms with Crippen molar-refractivity contribution < 1.29 is 9.53 Å². The van der Waals surface area contributed by atoms with Gasteiger partial charge in [-0.3, -0.25) is 4.79 Å². The normalized spacial score (nSPS) is 23.7. The fourth-order valence-electron chi connectivity index (χ4n) is 1.71. The Labute approximate surface area is 97.8 Å². The topological polar surface area (TPSA) is 26.3 Å². The van der Waals surface area contributed by atoms with Crippen molar-refractivity contribution in [3.8, 4) is 5.75 Å². The molecule has 0 aliphatic heterocycles. The van der Waals surface area contributed by atoms with Gasteiger partial charge in [0.05, 0.1) is 7.11 Å². The molecule has 80 valence electrons. The van der Waals surface area contributed by atoms with Crippen LogP contribution in [0.15, 0.2) is 22.7 Å². The van der Waals surface area contributed by atoms with E-state index in [1.54, 1.807) is 7.11 Å². The summed E-state index contributed by atoms with van der Waals surface area (Å²) < 4.78 is 5.91. The standard InChI is InChI=1S/C12H13BrO2/c1-7-5-10(7)12(14)9-4-3-8(15-2)6-11(9)13/h3-4,6-7,10H,5H2,1-2H3. The van der Waals surface area contributed by atoms with E-state index in [0.29, 0.717) is 5.92 Å². The summed E-state index contributed by atoms with van der Waals surface area (Å²) in [6, 6.07) is 5.49. The summed E-state index contributed by atoms with van der Waals surface area (Å²) in [6.07, 6.45) is 1.03. The lowest BCUT2D eigenvalue weighted by atomic mass is 10.1. The summed E-state index contributed by atoms with van der Waals surface area (Å²) in [7, 11) is 1.62. The van der Waals surface area contributed by atoms with Crippen molar-refractivity contribution in [3.05, 3.63) is 28.2 Å². The Morgan fingerprint density at radius 1 is 1.53 bits per heavy atom. The maximum atomic E-state index is 12.0. The monoisotopic (exact) mass is 268 g/mol. The first-order chi connectivity index (χ1) is 7.13. The van der Waals surface area contributed by atoms with Crippen LogP contribution in [0.3, 0.4) is 0 Å². The molecule has 2 unspecified atom stereocenters. The molecule has 1 fully saturated rings. The van der Waals surface area contributed by atoms with Gasteiger partial charge in [-0.05, 0) is 46.5 Å². The number of hydrogen-bond donors (Lipinski definition) is 0. The van der Waals surface area contributed by atoms with E-state index >= 15 is 0 Å². The first-order valence-corrected chi connectivity index (χ1v) is 5.80. The Hall–Kier alpha value is -0.830. The van der Waals surface area contributed by atoms with E-state index in [4.69, 9.17) is 4.74 Å². The van der Waals surface area contributed by atoms with Crippen LogP contribution in [0.5, 0.6) is 5.75 Å². The highest BCUT2D eigenvalue weighted by molar-refractivity contribution is 9.10. The van der Waals surface area contributed by atoms with Gasteiger partial charge in [0, 0.05) is 16.0 Å². The number of ketones is 1. The van der Waals surface area contributed by atoms with Crippen LogP contribution in [0.1, 0.15) is 23.7 Å². The summed E-state index contributed by atoms with van der Waals surface area (Å²) >= 11 is 3.40. The van der Waals surface area contributed by atoms with E-state index in [-0.39, 0.29) is 11.7 Å².